The number of para-hydroxylation sites is 2. The predicted octanol–water partition coefficient (Wildman–Crippen LogP) is 4.11. The number of anilines is 1. The number of amides is 2. The van der Waals surface area contributed by atoms with Gasteiger partial charge in [0.2, 0.25) is 21.8 Å². The fraction of sp³-hybridized carbons (Fsp3) is 0.500. The van der Waals surface area contributed by atoms with Gasteiger partial charge in [-0.1, -0.05) is 68.7 Å². The van der Waals surface area contributed by atoms with E-state index in [1.807, 2.05) is 44.2 Å². The molecule has 3 rings (SSSR count). The molecule has 8 nitrogen and oxygen atoms in total. The lowest BCUT2D eigenvalue weighted by Crippen LogP contribution is -2.54. The standard InChI is InChI=1S/C28H39N3O5S/c1-4-24(28(33)29-23-16-10-7-11-17-23)30(20-22-14-8-6-9-15-22)27(32)21-31(37(3,34)35)25-18-12-13-19-26(25)36-5-2/h6,8-9,12-15,18-19,23-24H,4-5,7,10-11,16-17,20-21H2,1-3H3,(H,29,33)/t24-/m1/s1. The second-order valence-corrected chi connectivity index (χ2v) is 11.4. The minimum absolute atomic E-state index is 0.106. The first-order valence-electron chi connectivity index (χ1n) is 13.1. The molecule has 0 bridgehead atoms. The Bertz CT molecular complexity index is 1130. The second kappa shape index (κ2) is 13.5. The Balaban J connectivity index is 1.92. The zero-order valence-electron chi connectivity index (χ0n) is 22.1. The zero-order chi connectivity index (χ0) is 26.8. The van der Waals surface area contributed by atoms with Gasteiger partial charge in [0.1, 0.15) is 18.3 Å². The first kappa shape index (κ1) is 28.5. The van der Waals surface area contributed by atoms with E-state index < -0.39 is 28.5 Å². The van der Waals surface area contributed by atoms with Gasteiger partial charge in [-0.15, -0.1) is 0 Å². The molecular weight excluding hydrogens is 490 g/mol. The number of hydrogen-bond donors (Lipinski definition) is 1. The lowest BCUT2D eigenvalue weighted by Gasteiger charge is -2.34. The van der Waals surface area contributed by atoms with Crippen LogP contribution in [0, 0.1) is 0 Å². The molecule has 2 aromatic carbocycles. The van der Waals surface area contributed by atoms with Crippen molar-refractivity contribution in [2.45, 2.75) is 71.0 Å². The van der Waals surface area contributed by atoms with E-state index in [-0.39, 0.29) is 18.5 Å². The molecule has 9 heteroatoms. The number of ether oxygens (including phenoxy) is 1. The van der Waals surface area contributed by atoms with E-state index in [9.17, 15) is 18.0 Å². The van der Waals surface area contributed by atoms with Gasteiger partial charge in [-0.05, 0) is 43.9 Å². The topological polar surface area (TPSA) is 96.0 Å². The minimum atomic E-state index is -3.83. The summed E-state index contributed by atoms with van der Waals surface area (Å²) in [5.41, 5.74) is 1.15. The highest BCUT2D eigenvalue weighted by molar-refractivity contribution is 7.92. The number of carbonyl (C=O) groups excluding carboxylic acids is 2. The van der Waals surface area contributed by atoms with Crippen molar-refractivity contribution in [3.8, 4) is 5.75 Å². The highest BCUT2D eigenvalue weighted by atomic mass is 32.2. The van der Waals surface area contributed by atoms with E-state index in [4.69, 9.17) is 4.74 Å². The third-order valence-corrected chi connectivity index (χ3v) is 7.77. The summed E-state index contributed by atoms with van der Waals surface area (Å²) in [6, 6.07) is 15.6. The molecule has 1 aliphatic carbocycles. The van der Waals surface area contributed by atoms with Crippen molar-refractivity contribution in [3.05, 3.63) is 60.2 Å². The molecule has 2 amide bonds. The van der Waals surface area contributed by atoms with Gasteiger partial charge >= 0.3 is 0 Å². The van der Waals surface area contributed by atoms with Crippen LogP contribution in [0.5, 0.6) is 5.75 Å². The van der Waals surface area contributed by atoms with Gasteiger partial charge in [0, 0.05) is 12.6 Å². The predicted molar refractivity (Wildman–Crippen MR) is 146 cm³/mol. The molecular formula is C28H39N3O5S. The number of sulfonamides is 1. The van der Waals surface area contributed by atoms with Crippen molar-refractivity contribution in [2.75, 3.05) is 23.7 Å². The van der Waals surface area contributed by atoms with Crippen LogP contribution in [0.15, 0.2) is 54.6 Å². The number of rotatable bonds is 12. The molecule has 0 heterocycles. The highest BCUT2D eigenvalue weighted by Crippen LogP contribution is 2.30. The van der Waals surface area contributed by atoms with Crippen LogP contribution >= 0.6 is 0 Å². The van der Waals surface area contributed by atoms with E-state index in [0.29, 0.717) is 24.5 Å². The fourth-order valence-electron chi connectivity index (χ4n) is 4.78. The van der Waals surface area contributed by atoms with Gasteiger partial charge in [0.05, 0.1) is 18.6 Å². The second-order valence-electron chi connectivity index (χ2n) is 9.45. The summed E-state index contributed by atoms with van der Waals surface area (Å²) in [5, 5.41) is 3.15. The van der Waals surface area contributed by atoms with Crippen LogP contribution < -0.4 is 14.4 Å². The minimum Gasteiger partial charge on any atom is -0.492 e. The van der Waals surface area contributed by atoms with Gasteiger partial charge in [-0.25, -0.2) is 8.42 Å². The normalized spacial score (nSPS) is 15.0. The first-order valence-corrected chi connectivity index (χ1v) is 14.9. The molecule has 0 radical (unpaired) electrons. The van der Waals surface area contributed by atoms with Crippen molar-refractivity contribution in [1.29, 1.82) is 0 Å². The number of nitrogens with zero attached hydrogens (tertiary/aromatic N) is 2. The Kier molecular flexibility index (Phi) is 10.4. The Hall–Kier alpha value is -3.07. The largest absolute Gasteiger partial charge is 0.492 e. The maximum Gasteiger partial charge on any atom is 0.244 e. The van der Waals surface area contributed by atoms with E-state index >= 15 is 0 Å². The summed E-state index contributed by atoms with van der Waals surface area (Å²) in [6.45, 7) is 3.78. The molecule has 2 aromatic rings. The molecule has 202 valence electrons. The maximum atomic E-state index is 13.8. The quantitative estimate of drug-likeness (QED) is 0.447. The van der Waals surface area contributed by atoms with Crippen LogP contribution in [0.1, 0.15) is 57.9 Å². The van der Waals surface area contributed by atoms with Crippen molar-refractivity contribution < 1.29 is 22.7 Å². The summed E-state index contributed by atoms with van der Waals surface area (Å²) < 4.78 is 32.4. The smallest absolute Gasteiger partial charge is 0.244 e. The van der Waals surface area contributed by atoms with Crippen molar-refractivity contribution >= 4 is 27.5 Å². The third-order valence-electron chi connectivity index (χ3n) is 6.65. The van der Waals surface area contributed by atoms with Gasteiger partial charge in [0.15, 0.2) is 0 Å². The van der Waals surface area contributed by atoms with Crippen LogP contribution in [0.4, 0.5) is 5.69 Å². The SMILES string of the molecule is CCOc1ccccc1N(CC(=O)N(Cc1ccccc1)[C@H](CC)C(=O)NC1CCCCC1)S(C)(=O)=O. The Morgan fingerprint density at radius 3 is 2.27 bits per heavy atom. The van der Waals surface area contributed by atoms with Crippen molar-refractivity contribution in [3.63, 3.8) is 0 Å². The molecule has 1 saturated carbocycles. The maximum absolute atomic E-state index is 13.8. The lowest BCUT2D eigenvalue weighted by molar-refractivity contribution is -0.140. The highest BCUT2D eigenvalue weighted by Gasteiger charge is 2.33. The summed E-state index contributed by atoms with van der Waals surface area (Å²) in [6.07, 6.45) is 6.68. The molecule has 1 fully saturated rings. The summed E-state index contributed by atoms with van der Waals surface area (Å²) >= 11 is 0. The number of hydrogen-bond acceptors (Lipinski definition) is 5. The van der Waals surface area contributed by atoms with Crippen molar-refractivity contribution in [1.82, 2.24) is 10.2 Å². The molecule has 0 saturated heterocycles. The molecule has 0 aromatic heterocycles. The molecule has 0 spiro atoms. The van der Waals surface area contributed by atoms with Crippen LogP contribution in [-0.4, -0.2) is 56.6 Å². The number of benzene rings is 2. The molecule has 1 atom stereocenters. The van der Waals surface area contributed by atoms with E-state index in [2.05, 4.69) is 5.32 Å². The van der Waals surface area contributed by atoms with Gasteiger partial charge in [-0.2, -0.15) is 0 Å². The molecule has 0 aliphatic heterocycles. The molecule has 1 aliphatic rings. The first-order chi connectivity index (χ1) is 17.7. The number of nitrogens with one attached hydrogen (secondary N) is 1. The van der Waals surface area contributed by atoms with E-state index in [0.717, 1.165) is 41.8 Å². The van der Waals surface area contributed by atoms with Crippen LogP contribution in [-0.2, 0) is 26.2 Å². The summed E-state index contributed by atoms with van der Waals surface area (Å²) in [4.78, 5) is 28.8. The zero-order valence-corrected chi connectivity index (χ0v) is 22.9. The Morgan fingerprint density at radius 2 is 1.65 bits per heavy atom. The lowest BCUT2D eigenvalue weighted by atomic mass is 9.95. The van der Waals surface area contributed by atoms with Gasteiger partial charge in [-0.3, -0.25) is 13.9 Å². The number of carbonyl (C=O) groups is 2. The molecule has 37 heavy (non-hydrogen) atoms. The van der Waals surface area contributed by atoms with E-state index in [1.54, 1.807) is 24.3 Å². The molecule has 0 unspecified atom stereocenters. The van der Waals surface area contributed by atoms with Gasteiger partial charge in [0.25, 0.3) is 0 Å². The van der Waals surface area contributed by atoms with Crippen LogP contribution in [0.2, 0.25) is 0 Å². The Labute approximate surface area is 221 Å². The average molecular weight is 530 g/mol. The average Bonchev–Trinajstić information content (AvgIpc) is 2.88. The summed E-state index contributed by atoms with van der Waals surface area (Å²) in [5.74, 6) is -0.273. The monoisotopic (exact) mass is 529 g/mol. The van der Waals surface area contributed by atoms with E-state index in [1.165, 1.54) is 11.3 Å². The Morgan fingerprint density at radius 1 is 1.00 bits per heavy atom. The fourth-order valence-corrected chi connectivity index (χ4v) is 5.63. The van der Waals surface area contributed by atoms with Crippen LogP contribution in [0.25, 0.3) is 0 Å². The summed E-state index contributed by atoms with van der Waals surface area (Å²) in [7, 11) is -3.83. The third kappa shape index (κ3) is 7.95. The van der Waals surface area contributed by atoms with Crippen LogP contribution in [0.3, 0.4) is 0 Å². The van der Waals surface area contributed by atoms with Crippen molar-refractivity contribution in [2.24, 2.45) is 0 Å². The van der Waals surface area contributed by atoms with Gasteiger partial charge < -0.3 is 15.0 Å². The molecule has 1 N–H and O–H groups in total.